The zero-order valence-corrected chi connectivity index (χ0v) is 14.0. The second-order valence-corrected chi connectivity index (χ2v) is 5.41. The highest BCUT2D eigenvalue weighted by Crippen LogP contribution is 2.35. The van der Waals surface area contributed by atoms with Crippen molar-refractivity contribution in [2.75, 3.05) is 56.3 Å². The van der Waals surface area contributed by atoms with E-state index >= 15 is 0 Å². The number of amides is 2. The number of carbonyl (C=O) groups is 1. The molecule has 1 heterocycles. The molecule has 1 saturated heterocycles. The Morgan fingerprint density at radius 2 is 2.04 bits per heavy atom. The van der Waals surface area contributed by atoms with Gasteiger partial charge in [0.25, 0.3) is 0 Å². The second kappa shape index (κ2) is 8.91. The number of hydrogen-bond donors (Lipinski definition) is 2. The lowest BCUT2D eigenvalue weighted by atomic mass is 10.1. The molecule has 9 heteroatoms. The first-order valence-electron chi connectivity index (χ1n) is 8.08. The fourth-order valence-electron chi connectivity index (χ4n) is 2.44. The molecule has 6 nitrogen and oxygen atoms in total. The molecule has 0 aromatic heterocycles. The summed E-state index contributed by atoms with van der Waals surface area (Å²) in [4.78, 5) is 13.9. The molecule has 1 aromatic carbocycles. The van der Waals surface area contributed by atoms with Crippen molar-refractivity contribution in [3.8, 4) is 0 Å². The van der Waals surface area contributed by atoms with E-state index in [4.69, 9.17) is 9.47 Å². The van der Waals surface area contributed by atoms with E-state index in [9.17, 15) is 18.0 Å². The Labute approximate surface area is 144 Å². The van der Waals surface area contributed by atoms with E-state index in [-0.39, 0.29) is 12.2 Å². The first kappa shape index (κ1) is 19.3. The van der Waals surface area contributed by atoms with Crippen LogP contribution in [0.2, 0.25) is 0 Å². The maximum atomic E-state index is 13.0. The number of nitrogens with zero attached hydrogens (tertiary/aromatic N) is 1. The number of hydrogen-bond acceptors (Lipinski definition) is 4. The standard InChI is InChI=1S/C16H22F3N3O3/c1-2-24-8-5-20-15(23)21-13-11-12(16(17,18)19)3-4-14(13)22-6-9-25-10-7-22/h3-4,11H,2,5-10H2,1H3,(H2,20,21,23). The molecule has 25 heavy (non-hydrogen) atoms. The highest BCUT2D eigenvalue weighted by Gasteiger charge is 2.31. The van der Waals surface area contributed by atoms with E-state index in [2.05, 4.69) is 10.6 Å². The number of alkyl halides is 3. The molecule has 1 fully saturated rings. The molecule has 0 aliphatic carbocycles. The van der Waals surface area contributed by atoms with Gasteiger partial charge < -0.3 is 25.0 Å². The smallest absolute Gasteiger partial charge is 0.380 e. The molecule has 0 atom stereocenters. The summed E-state index contributed by atoms with van der Waals surface area (Å²) >= 11 is 0. The zero-order valence-electron chi connectivity index (χ0n) is 14.0. The third-order valence-corrected chi connectivity index (χ3v) is 3.66. The molecule has 0 unspecified atom stereocenters. The van der Waals surface area contributed by atoms with Gasteiger partial charge in [0, 0.05) is 26.2 Å². The van der Waals surface area contributed by atoms with Crippen LogP contribution in [0.4, 0.5) is 29.3 Å². The number of anilines is 2. The van der Waals surface area contributed by atoms with Gasteiger partial charge in [-0.1, -0.05) is 0 Å². The van der Waals surface area contributed by atoms with E-state index in [0.29, 0.717) is 45.2 Å². The average molecular weight is 361 g/mol. The van der Waals surface area contributed by atoms with Gasteiger partial charge in [0.2, 0.25) is 0 Å². The summed E-state index contributed by atoms with van der Waals surface area (Å²) in [5, 5.41) is 5.06. The Morgan fingerprint density at radius 1 is 1.32 bits per heavy atom. The highest BCUT2D eigenvalue weighted by molar-refractivity contribution is 5.93. The Hall–Kier alpha value is -2.00. The van der Waals surface area contributed by atoms with Crippen molar-refractivity contribution in [1.29, 1.82) is 0 Å². The van der Waals surface area contributed by atoms with Crippen molar-refractivity contribution >= 4 is 17.4 Å². The molecule has 2 N–H and O–H groups in total. The minimum atomic E-state index is -4.48. The van der Waals surface area contributed by atoms with Crippen LogP contribution in [0.1, 0.15) is 12.5 Å². The fraction of sp³-hybridized carbons (Fsp3) is 0.562. The summed E-state index contributed by atoms with van der Waals surface area (Å²) in [5.41, 5.74) is -0.156. The number of rotatable bonds is 6. The second-order valence-electron chi connectivity index (χ2n) is 5.41. The largest absolute Gasteiger partial charge is 0.416 e. The first-order valence-corrected chi connectivity index (χ1v) is 8.08. The number of nitrogens with one attached hydrogen (secondary N) is 2. The lowest BCUT2D eigenvalue weighted by Gasteiger charge is -2.31. The van der Waals surface area contributed by atoms with Crippen molar-refractivity contribution in [3.05, 3.63) is 23.8 Å². The molecule has 0 spiro atoms. The van der Waals surface area contributed by atoms with Crippen LogP contribution in [-0.4, -0.2) is 52.1 Å². The topological polar surface area (TPSA) is 62.8 Å². The maximum absolute atomic E-state index is 13.0. The summed E-state index contributed by atoms with van der Waals surface area (Å²) in [5.74, 6) is 0. The van der Waals surface area contributed by atoms with Crippen LogP contribution < -0.4 is 15.5 Å². The number of carbonyl (C=O) groups excluding carboxylic acids is 1. The van der Waals surface area contributed by atoms with Crippen LogP contribution in [0.25, 0.3) is 0 Å². The van der Waals surface area contributed by atoms with Crippen LogP contribution in [0.3, 0.4) is 0 Å². The van der Waals surface area contributed by atoms with Crippen molar-refractivity contribution in [2.24, 2.45) is 0 Å². The van der Waals surface area contributed by atoms with E-state index in [1.54, 1.807) is 0 Å². The monoisotopic (exact) mass is 361 g/mol. The molecule has 0 saturated carbocycles. The summed E-state index contributed by atoms with van der Waals surface area (Å²) in [6, 6.07) is 2.77. The molecule has 2 rings (SSSR count). The van der Waals surface area contributed by atoms with Crippen molar-refractivity contribution in [1.82, 2.24) is 5.32 Å². The zero-order chi connectivity index (χ0) is 18.3. The lowest BCUT2D eigenvalue weighted by Crippen LogP contribution is -2.37. The van der Waals surface area contributed by atoms with Crippen molar-refractivity contribution < 1.29 is 27.4 Å². The summed E-state index contributed by atoms with van der Waals surface area (Å²) in [6.07, 6.45) is -4.48. The van der Waals surface area contributed by atoms with Crippen molar-refractivity contribution in [2.45, 2.75) is 13.1 Å². The molecule has 0 bridgehead atoms. The average Bonchev–Trinajstić information content (AvgIpc) is 2.59. The lowest BCUT2D eigenvalue weighted by molar-refractivity contribution is -0.137. The van der Waals surface area contributed by atoms with E-state index in [1.165, 1.54) is 6.07 Å². The maximum Gasteiger partial charge on any atom is 0.416 e. The van der Waals surface area contributed by atoms with Gasteiger partial charge in [0.1, 0.15) is 0 Å². The molecular formula is C16H22F3N3O3. The Balaban J connectivity index is 2.14. The number of halogens is 3. The van der Waals surface area contributed by atoms with Gasteiger partial charge in [-0.05, 0) is 25.1 Å². The van der Waals surface area contributed by atoms with Gasteiger partial charge in [-0.15, -0.1) is 0 Å². The van der Waals surface area contributed by atoms with Gasteiger partial charge in [-0.2, -0.15) is 13.2 Å². The number of morpholine rings is 1. The summed E-state index contributed by atoms with van der Waals surface area (Å²) < 4.78 is 49.3. The van der Waals surface area contributed by atoms with Gasteiger partial charge in [-0.25, -0.2) is 4.79 Å². The third-order valence-electron chi connectivity index (χ3n) is 3.66. The first-order chi connectivity index (χ1) is 11.9. The van der Waals surface area contributed by atoms with Gasteiger partial charge >= 0.3 is 12.2 Å². The van der Waals surface area contributed by atoms with Crippen LogP contribution in [0, 0.1) is 0 Å². The van der Waals surface area contributed by atoms with Crippen LogP contribution in [-0.2, 0) is 15.7 Å². The van der Waals surface area contributed by atoms with Gasteiger partial charge in [0.15, 0.2) is 0 Å². The van der Waals surface area contributed by atoms with Gasteiger partial charge in [0.05, 0.1) is 36.8 Å². The van der Waals surface area contributed by atoms with E-state index in [0.717, 1.165) is 12.1 Å². The SMILES string of the molecule is CCOCCNC(=O)Nc1cc(C(F)(F)F)ccc1N1CCOCC1. The minimum absolute atomic E-state index is 0.116. The third kappa shape index (κ3) is 5.79. The predicted molar refractivity (Wildman–Crippen MR) is 88.0 cm³/mol. The van der Waals surface area contributed by atoms with Crippen LogP contribution in [0.5, 0.6) is 0 Å². The quantitative estimate of drug-likeness (QED) is 0.765. The Bertz CT molecular complexity index is 575. The number of benzene rings is 1. The molecule has 2 amide bonds. The molecule has 140 valence electrons. The Kier molecular flexibility index (Phi) is 6.89. The van der Waals surface area contributed by atoms with E-state index < -0.39 is 17.8 Å². The number of ether oxygens (including phenoxy) is 2. The molecule has 1 aliphatic heterocycles. The van der Waals surface area contributed by atoms with Crippen LogP contribution in [0.15, 0.2) is 18.2 Å². The van der Waals surface area contributed by atoms with Gasteiger partial charge in [-0.3, -0.25) is 0 Å². The summed E-state index contributed by atoms with van der Waals surface area (Å²) in [6.45, 7) is 5.03. The fourth-order valence-corrected chi connectivity index (χ4v) is 2.44. The van der Waals surface area contributed by atoms with Crippen molar-refractivity contribution in [3.63, 3.8) is 0 Å². The highest BCUT2D eigenvalue weighted by atomic mass is 19.4. The Morgan fingerprint density at radius 3 is 2.68 bits per heavy atom. The van der Waals surface area contributed by atoms with E-state index in [1.807, 2.05) is 11.8 Å². The summed E-state index contributed by atoms with van der Waals surface area (Å²) in [7, 11) is 0. The molecule has 0 radical (unpaired) electrons. The molecule has 1 aliphatic rings. The molecule has 1 aromatic rings. The number of urea groups is 1. The predicted octanol–water partition coefficient (Wildman–Crippen LogP) is 2.70. The minimum Gasteiger partial charge on any atom is -0.380 e. The molecular weight excluding hydrogens is 339 g/mol. The van der Waals surface area contributed by atoms with Crippen LogP contribution >= 0.6 is 0 Å². The normalized spacial score (nSPS) is 15.1.